The zero-order chi connectivity index (χ0) is 11.5. The fourth-order valence-corrected chi connectivity index (χ4v) is 2.09. The maximum absolute atomic E-state index is 4.24. The Morgan fingerprint density at radius 1 is 0.941 bits per heavy atom. The second-order valence-corrected chi connectivity index (χ2v) is 4.24. The number of nitrogens with zero attached hydrogens (tertiary/aromatic N) is 1. The fraction of sp³-hybridized carbons (Fsp3) is 0.133. The highest BCUT2D eigenvalue weighted by molar-refractivity contribution is 5.82. The van der Waals surface area contributed by atoms with Crippen LogP contribution >= 0.6 is 0 Å². The predicted octanol–water partition coefficient (Wildman–Crippen LogP) is 3.35. The van der Waals surface area contributed by atoms with E-state index in [0.717, 1.165) is 18.5 Å². The summed E-state index contributed by atoms with van der Waals surface area (Å²) in [4.78, 5) is 7.22. The SMILES string of the molecule is c1ccc2cc(CCc3c[nH]cn3)ccc2c1. The molecule has 0 radical (unpaired) electrons. The number of nitrogens with one attached hydrogen (secondary N) is 1. The van der Waals surface area contributed by atoms with Gasteiger partial charge in [0.05, 0.1) is 12.0 Å². The third kappa shape index (κ3) is 2.21. The van der Waals surface area contributed by atoms with Gasteiger partial charge in [-0.1, -0.05) is 42.5 Å². The van der Waals surface area contributed by atoms with Gasteiger partial charge >= 0.3 is 0 Å². The van der Waals surface area contributed by atoms with Gasteiger partial charge in [0, 0.05) is 6.20 Å². The van der Waals surface area contributed by atoms with Crippen LogP contribution in [0.4, 0.5) is 0 Å². The van der Waals surface area contributed by atoms with Crippen molar-refractivity contribution in [2.45, 2.75) is 12.8 Å². The normalized spacial score (nSPS) is 10.8. The zero-order valence-electron chi connectivity index (χ0n) is 9.56. The standard InChI is InChI=1S/C15H14N2/c1-2-4-14-9-12(5-7-13(14)3-1)6-8-15-10-16-11-17-15/h1-5,7,9-11H,6,8H2,(H,16,17). The first kappa shape index (κ1) is 10.1. The highest BCUT2D eigenvalue weighted by Gasteiger charge is 1.99. The fourth-order valence-electron chi connectivity index (χ4n) is 2.09. The number of aryl methyl sites for hydroxylation is 2. The van der Waals surface area contributed by atoms with Crippen molar-refractivity contribution < 1.29 is 0 Å². The molecule has 2 nitrogen and oxygen atoms in total. The molecule has 0 amide bonds. The van der Waals surface area contributed by atoms with Crippen LogP contribution in [0, 0.1) is 0 Å². The van der Waals surface area contributed by atoms with E-state index in [2.05, 4.69) is 52.4 Å². The lowest BCUT2D eigenvalue weighted by atomic mass is 10.0. The minimum atomic E-state index is 0.988. The average Bonchev–Trinajstić information content (AvgIpc) is 2.89. The van der Waals surface area contributed by atoms with Crippen molar-refractivity contribution in [2.24, 2.45) is 0 Å². The van der Waals surface area contributed by atoms with Crippen LogP contribution in [0.25, 0.3) is 10.8 Å². The third-order valence-corrected chi connectivity index (χ3v) is 3.04. The highest BCUT2D eigenvalue weighted by atomic mass is 14.9. The maximum Gasteiger partial charge on any atom is 0.0923 e. The summed E-state index contributed by atoms with van der Waals surface area (Å²) in [5.41, 5.74) is 2.49. The minimum Gasteiger partial charge on any atom is -0.351 e. The molecule has 17 heavy (non-hydrogen) atoms. The van der Waals surface area contributed by atoms with Crippen LogP contribution in [0.1, 0.15) is 11.3 Å². The Morgan fingerprint density at radius 2 is 1.82 bits per heavy atom. The van der Waals surface area contributed by atoms with Crippen molar-refractivity contribution in [3.8, 4) is 0 Å². The van der Waals surface area contributed by atoms with Crippen LogP contribution in [0.5, 0.6) is 0 Å². The van der Waals surface area contributed by atoms with E-state index >= 15 is 0 Å². The number of H-pyrrole nitrogens is 1. The maximum atomic E-state index is 4.24. The number of aromatic amines is 1. The summed E-state index contributed by atoms with van der Waals surface area (Å²) >= 11 is 0. The van der Waals surface area contributed by atoms with Gasteiger partial charge in [-0.2, -0.15) is 0 Å². The lowest BCUT2D eigenvalue weighted by Gasteiger charge is -2.02. The van der Waals surface area contributed by atoms with Gasteiger partial charge in [0.25, 0.3) is 0 Å². The topological polar surface area (TPSA) is 28.7 Å². The molecule has 2 aromatic carbocycles. The largest absolute Gasteiger partial charge is 0.351 e. The molecule has 0 atom stereocenters. The molecule has 0 spiro atoms. The number of aromatic nitrogens is 2. The number of benzene rings is 2. The van der Waals surface area contributed by atoms with E-state index in [4.69, 9.17) is 0 Å². The van der Waals surface area contributed by atoms with Gasteiger partial charge in [0.15, 0.2) is 0 Å². The molecule has 0 unspecified atom stereocenters. The molecule has 0 saturated carbocycles. The summed E-state index contributed by atoms with van der Waals surface area (Å²) < 4.78 is 0. The Kier molecular flexibility index (Phi) is 2.62. The van der Waals surface area contributed by atoms with Crippen molar-refractivity contribution in [2.75, 3.05) is 0 Å². The Labute approximate surface area is 100 Å². The molecule has 0 aliphatic carbocycles. The van der Waals surface area contributed by atoms with Crippen molar-refractivity contribution in [1.29, 1.82) is 0 Å². The molecule has 1 aromatic heterocycles. The molecule has 0 bridgehead atoms. The van der Waals surface area contributed by atoms with Crippen LogP contribution in [-0.2, 0) is 12.8 Å². The van der Waals surface area contributed by atoms with Crippen LogP contribution in [-0.4, -0.2) is 9.97 Å². The highest BCUT2D eigenvalue weighted by Crippen LogP contribution is 2.16. The van der Waals surface area contributed by atoms with E-state index in [1.807, 2.05) is 6.20 Å². The lowest BCUT2D eigenvalue weighted by Crippen LogP contribution is -1.91. The molecule has 3 rings (SSSR count). The van der Waals surface area contributed by atoms with E-state index in [-0.39, 0.29) is 0 Å². The summed E-state index contributed by atoms with van der Waals surface area (Å²) in [7, 11) is 0. The Hall–Kier alpha value is -2.09. The first-order valence-corrected chi connectivity index (χ1v) is 5.87. The Balaban J connectivity index is 1.81. The quantitative estimate of drug-likeness (QED) is 0.723. The molecule has 2 heteroatoms. The van der Waals surface area contributed by atoms with Gasteiger partial charge in [-0.3, -0.25) is 0 Å². The number of imidazole rings is 1. The number of rotatable bonds is 3. The van der Waals surface area contributed by atoms with E-state index in [1.165, 1.54) is 16.3 Å². The lowest BCUT2D eigenvalue weighted by molar-refractivity contribution is 0.927. The van der Waals surface area contributed by atoms with E-state index in [1.54, 1.807) is 6.33 Å². The van der Waals surface area contributed by atoms with Gasteiger partial charge in [0.2, 0.25) is 0 Å². The molecular formula is C15H14N2. The molecule has 0 aliphatic heterocycles. The second kappa shape index (κ2) is 4.42. The van der Waals surface area contributed by atoms with Crippen LogP contribution in [0.15, 0.2) is 55.0 Å². The van der Waals surface area contributed by atoms with Crippen LogP contribution in [0.3, 0.4) is 0 Å². The van der Waals surface area contributed by atoms with Gasteiger partial charge < -0.3 is 4.98 Å². The monoisotopic (exact) mass is 222 g/mol. The molecule has 1 N–H and O–H groups in total. The van der Waals surface area contributed by atoms with Crippen LogP contribution < -0.4 is 0 Å². The Morgan fingerprint density at radius 3 is 2.65 bits per heavy atom. The summed E-state index contributed by atoms with van der Waals surface area (Å²) in [6, 6.07) is 15.1. The molecule has 3 aromatic rings. The first-order chi connectivity index (χ1) is 8.42. The summed E-state index contributed by atoms with van der Waals surface area (Å²) in [6.45, 7) is 0. The predicted molar refractivity (Wildman–Crippen MR) is 69.9 cm³/mol. The van der Waals surface area contributed by atoms with E-state index < -0.39 is 0 Å². The number of fused-ring (bicyclic) bond motifs is 1. The molecule has 0 fully saturated rings. The van der Waals surface area contributed by atoms with Crippen molar-refractivity contribution in [3.63, 3.8) is 0 Å². The van der Waals surface area contributed by atoms with Gasteiger partial charge in [-0.15, -0.1) is 0 Å². The van der Waals surface area contributed by atoms with Crippen molar-refractivity contribution in [3.05, 3.63) is 66.2 Å². The molecule has 0 saturated heterocycles. The number of hydrogen-bond donors (Lipinski definition) is 1. The summed E-state index contributed by atoms with van der Waals surface area (Å²) in [5, 5.41) is 2.61. The molecule has 84 valence electrons. The molecular weight excluding hydrogens is 208 g/mol. The smallest absolute Gasteiger partial charge is 0.0923 e. The molecule has 0 aliphatic rings. The van der Waals surface area contributed by atoms with Crippen LogP contribution in [0.2, 0.25) is 0 Å². The zero-order valence-corrected chi connectivity index (χ0v) is 9.56. The average molecular weight is 222 g/mol. The van der Waals surface area contributed by atoms with Crippen molar-refractivity contribution >= 4 is 10.8 Å². The van der Waals surface area contributed by atoms with Crippen molar-refractivity contribution in [1.82, 2.24) is 9.97 Å². The minimum absolute atomic E-state index is 0.988. The Bertz CT molecular complexity index is 612. The first-order valence-electron chi connectivity index (χ1n) is 5.87. The van der Waals surface area contributed by atoms with Gasteiger partial charge in [-0.05, 0) is 29.2 Å². The summed E-state index contributed by atoms with van der Waals surface area (Å²) in [5.74, 6) is 0. The summed E-state index contributed by atoms with van der Waals surface area (Å²) in [6.07, 6.45) is 5.72. The third-order valence-electron chi connectivity index (χ3n) is 3.04. The van der Waals surface area contributed by atoms with Gasteiger partial charge in [0.1, 0.15) is 0 Å². The second-order valence-electron chi connectivity index (χ2n) is 4.24. The number of hydrogen-bond acceptors (Lipinski definition) is 1. The van der Waals surface area contributed by atoms with E-state index in [0.29, 0.717) is 0 Å². The van der Waals surface area contributed by atoms with Gasteiger partial charge in [-0.25, -0.2) is 4.98 Å². The van der Waals surface area contributed by atoms with E-state index in [9.17, 15) is 0 Å². The molecule has 1 heterocycles.